The van der Waals surface area contributed by atoms with Gasteiger partial charge in [-0.15, -0.1) is 0 Å². The lowest BCUT2D eigenvalue weighted by Crippen LogP contribution is -2.31. The van der Waals surface area contributed by atoms with Crippen molar-refractivity contribution in [3.05, 3.63) is 0 Å². The highest BCUT2D eigenvalue weighted by Gasteiger charge is 2.19. The Hall–Kier alpha value is -0.160. The molecule has 0 aromatic carbocycles. The van der Waals surface area contributed by atoms with Gasteiger partial charge in [0.2, 0.25) is 0 Å². The van der Waals surface area contributed by atoms with Crippen molar-refractivity contribution in [3.63, 3.8) is 0 Å². The summed E-state index contributed by atoms with van der Waals surface area (Å²) in [6, 6.07) is 0. The van der Waals surface area contributed by atoms with E-state index in [4.69, 9.17) is 9.47 Å². The number of hydrogen-bond acceptors (Lipinski definition) is 4. The van der Waals surface area contributed by atoms with Crippen LogP contribution in [0.15, 0.2) is 0 Å². The summed E-state index contributed by atoms with van der Waals surface area (Å²) < 4.78 is 10.4. The Morgan fingerprint density at radius 3 is 2.76 bits per heavy atom. The standard InChI is InChI=1S/C13H27NO3/c1-2-16-8-9-17-11-13(15)10-14-7-3-4-12-5-6-12/h12-15H,2-11H2,1H3. The van der Waals surface area contributed by atoms with Gasteiger partial charge < -0.3 is 19.9 Å². The number of hydrogen-bond donors (Lipinski definition) is 2. The smallest absolute Gasteiger partial charge is 0.0897 e. The molecule has 1 aliphatic carbocycles. The van der Waals surface area contributed by atoms with Gasteiger partial charge in [0, 0.05) is 13.2 Å². The summed E-state index contributed by atoms with van der Waals surface area (Å²) in [4.78, 5) is 0. The summed E-state index contributed by atoms with van der Waals surface area (Å²) in [5.74, 6) is 1.00. The Morgan fingerprint density at radius 2 is 2.06 bits per heavy atom. The van der Waals surface area contributed by atoms with E-state index < -0.39 is 6.10 Å². The summed E-state index contributed by atoms with van der Waals surface area (Å²) in [5, 5.41) is 12.9. The van der Waals surface area contributed by atoms with E-state index >= 15 is 0 Å². The monoisotopic (exact) mass is 245 g/mol. The molecule has 1 atom stereocenters. The van der Waals surface area contributed by atoms with E-state index in [1.807, 2.05) is 6.92 Å². The summed E-state index contributed by atoms with van der Waals surface area (Å²) in [6.07, 6.45) is 5.01. The van der Waals surface area contributed by atoms with Gasteiger partial charge in [-0.1, -0.05) is 12.8 Å². The minimum Gasteiger partial charge on any atom is -0.389 e. The molecule has 4 heteroatoms. The highest BCUT2D eigenvalue weighted by Crippen LogP contribution is 2.33. The van der Waals surface area contributed by atoms with Crippen LogP contribution >= 0.6 is 0 Å². The maximum atomic E-state index is 9.60. The van der Waals surface area contributed by atoms with Crippen LogP contribution in [0.5, 0.6) is 0 Å². The Bertz CT molecular complexity index is 174. The van der Waals surface area contributed by atoms with Crippen molar-refractivity contribution in [2.24, 2.45) is 5.92 Å². The number of rotatable bonds is 12. The molecular weight excluding hydrogens is 218 g/mol. The van der Waals surface area contributed by atoms with E-state index in [0.29, 0.717) is 33.0 Å². The molecule has 0 radical (unpaired) electrons. The zero-order valence-electron chi connectivity index (χ0n) is 11.0. The molecular formula is C13H27NO3. The molecule has 1 fully saturated rings. The van der Waals surface area contributed by atoms with Gasteiger partial charge in [0.1, 0.15) is 0 Å². The van der Waals surface area contributed by atoms with Crippen LogP contribution in [0, 0.1) is 5.92 Å². The van der Waals surface area contributed by atoms with Crippen LogP contribution < -0.4 is 5.32 Å². The fourth-order valence-electron chi connectivity index (χ4n) is 1.73. The molecule has 1 saturated carbocycles. The fraction of sp³-hybridized carbons (Fsp3) is 1.00. The zero-order chi connectivity index (χ0) is 12.3. The molecule has 0 aromatic rings. The SMILES string of the molecule is CCOCCOCC(O)CNCCCC1CC1. The predicted octanol–water partition coefficient (Wildman–Crippen LogP) is 1.18. The van der Waals surface area contributed by atoms with Crippen LogP contribution in [-0.4, -0.2) is 50.7 Å². The van der Waals surface area contributed by atoms with Gasteiger partial charge in [0.15, 0.2) is 0 Å². The lowest BCUT2D eigenvalue weighted by Gasteiger charge is -2.12. The molecule has 102 valence electrons. The molecule has 17 heavy (non-hydrogen) atoms. The molecule has 0 bridgehead atoms. The number of ether oxygens (including phenoxy) is 2. The van der Waals surface area contributed by atoms with Crippen molar-refractivity contribution < 1.29 is 14.6 Å². The molecule has 0 aromatic heterocycles. The van der Waals surface area contributed by atoms with Crippen LogP contribution in [0.25, 0.3) is 0 Å². The molecule has 2 N–H and O–H groups in total. The van der Waals surface area contributed by atoms with E-state index in [1.165, 1.54) is 25.7 Å². The van der Waals surface area contributed by atoms with Crippen molar-refractivity contribution in [1.82, 2.24) is 5.32 Å². The van der Waals surface area contributed by atoms with Crippen molar-refractivity contribution in [1.29, 1.82) is 0 Å². The first kappa shape index (κ1) is 14.9. The lowest BCUT2D eigenvalue weighted by atomic mass is 10.2. The van der Waals surface area contributed by atoms with E-state index in [0.717, 1.165) is 12.5 Å². The van der Waals surface area contributed by atoms with Gasteiger partial charge in [-0.3, -0.25) is 0 Å². The average molecular weight is 245 g/mol. The molecule has 0 spiro atoms. The van der Waals surface area contributed by atoms with Gasteiger partial charge in [-0.25, -0.2) is 0 Å². The number of aliphatic hydroxyl groups excluding tert-OH is 1. The molecule has 1 unspecified atom stereocenters. The predicted molar refractivity (Wildman–Crippen MR) is 68.1 cm³/mol. The molecule has 0 saturated heterocycles. The van der Waals surface area contributed by atoms with E-state index in [2.05, 4.69) is 5.32 Å². The quantitative estimate of drug-likeness (QED) is 0.507. The van der Waals surface area contributed by atoms with Crippen LogP contribution in [0.1, 0.15) is 32.6 Å². The van der Waals surface area contributed by atoms with Gasteiger partial charge in [-0.05, 0) is 32.2 Å². The average Bonchev–Trinajstić information content (AvgIpc) is 3.12. The van der Waals surface area contributed by atoms with Crippen LogP contribution in [0.2, 0.25) is 0 Å². The second-order valence-corrected chi connectivity index (χ2v) is 4.72. The number of nitrogens with one attached hydrogen (secondary N) is 1. The Labute approximate surface area is 105 Å². The van der Waals surface area contributed by atoms with Crippen molar-refractivity contribution >= 4 is 0 Å². The van der Waals surface area contributed by atoms with Gasteiger partial charge in [0.25, 0.3) is 0 Å². The van der Waals surface area contributed by atoms with E-state index in [1.54, 1.807) is 0 Å². The van der Waals surface area contributed by atoms with Crippen molar-refractivity contribution in [2.75, 3.05) is 39.5 Å². The first-order valence-electron chi connectivity index (χ1n) is 6.87. The third kappa shape index (κ3) is 9.53. The first-order chi connectivity index (χ1) is 8.33. The summed E-state index contributed by atoms with van der Waals surface area (Å²) in [6.45, 7) is 5.87. The summed E-state index contributed by atoms with van der Waals surface area (Å²) in [7, 11) is 0. The van der Waals surface area contributed by atoms with E-state index in [9.17, 15) is 5.11 Å². The largest absolute Gasteiger partial charge is 0.389 e. The van der Waals surface area contributed by atoms with E-state index in [-0.39, 0.29) is 0 Å². The third-order valence-corrected chi connectivity index (χ3v) is 2.93. The van der Waals surface area contributed by atoms with Gasteiger partial charge >= 0.3 is 0 Å². The Balaban J connectivity index is 1.75. The van der Waals surface area contributed by atoms with Gasteiger partial charge in [-0.2, -0.15) is 0 Å². The molecule has 0 aliphatic heterocycles. The Kier molecular flexibility index (Phi) is 8.61. The third-order valence-electron chi connectivity index (χ3n) is 2.93. The maximum absolute atomic E-state index is 9.60. The molecule has 1 rings (SSSR count). The molecule has 1 aliphatic rings. The zero-order valence-corrected chi connectivity index (χ0v) is 11.0. The van der Waals surface area contributed by atoms with Crippen LogP contribution in [-0.2, 0) is 9.47 Å². The number of aliphatic hydroxyl groups is 1. The molecule has 0 amide bonds. The van der Waals surface area contributed by atoms with Crippen LogP contribution in [0.4, 0.5) is 0 Å². The lowest BCUT2D eigenvalue weighted by molar-refractivity contribution is 0.00654. The van der Waals surface area contributed by atoms with Crippen LogP contribution in [0.3, 0.4) is 0 Å². The second kappa shape index (κ2) is 9.83. The molecule has 4 nitrogen and oxygen atoms in total. The fourth-order valence-corrected chi connectivity index (χ4v) is 1.73. The minimum atomic E-state index is -0.405. The second-order valence-electron chi connectivity index (χ2n) is 4.72. The van der Waals surface area contributed by atoms with Crippen molar-refractivity contribution in [3.8, 4) is 0 Å². The van der Waals surface area contributed by atoms with Gasteiger partial charge in [0.05, 0.1) is 25.9 Å². The topological polar surface area (TPSA) is 50.7 Å². The highest BCUT2D eigenvalue weighted by molar-refractivity contribution is 4.73. The summed E-state index contributed by atoms with van der Waals surface area (Å²) in [5.41, 5.74) is 0. The molecule has 0 heterocycles. The van der Waals surface area contributed by atoms with Crippen molar-refractivity contribution in [2.45, 2.75) is 38.7 Å². The normalized spacial score (nSPS) is 17.3. The summed E-state index contributed by atoms with van der Waals surface area (Å²) >= 11 is 0. The first-order valence-corrected chi connectivity index (χ1v) is 6.87. The highest BCUT2D eigenvalue weighted by atomic mass is 16.5. The Morgan fingerprint density at radius 1 is 1.29 bits per heavy atom. The maximum Gasteiger partial charge on any atom is 0.0897 e. The minimum absolute atomic E-state index is 0.392.